The summed E-state index contributed by atoms with van der Waals surface area (Å²) in [4.78, 5) is 12.7. The van der Waals surface area contributed by atoms with Crippen molar-refractivity contribution in [2.45, 2.75) is 37.1 Å². The molecule has 0 aromatic heterocycles. The molecule has 0 unspecified atom stereocenters. The van der Waals surface area contributed by atoms with Crippen molar-refractivity contribution in [2.24, 2.45) is 0 Å². The molecule has 1 heterocycles. The molecular formula is C20H23ClN2O4S. The quantitative estimate of drug-likeness (QED) is 0.784. The Morgan fingerprint density at radius 2 is 1.89 bits per heavy atom. The molecule has 0 spiro atoms. The number of amides is 1. The Balaban J connectivity index is 1.79. The van der Waals surface area contributed by atoms with Gasteiger partial charge in [-0.05, 0) is 62.2 Å². The molecule has 0 saturated carbocycles. The van der Waals surface area contributed by atoms with Crippen LogP contribution < -0.4 is 10.1 Å². The smallest absolute Gasteiger partial charge is 0.255 e. The summed E-state index contributed by atoms with van der Waals surface area (Å²) in [6, 6.07) is 10.9. The second-order valence-corrected chi connectivity index (χ2v) is 9.11. The largest absolute Gasteiger partial charge is 0.495 e. The third-order valence-electron chi connectivity index (χ3n) is 4.87. The lowest BCUT2D eigenvalue weighted by Crippen LogP contribution is -2.41. The Bertz CT molecular complexity index is 961. The Hall–Kier alpha value is -2.09. The first-order chi connectivity index (χ1) is 13.3. The number of benzene rings is 2. The number of ether oxygens (including phenoxy) is 1. The van der Waals surface area contributed by atoms with Crippen LogP contribution in [0.2, 0.25) is 5.02 Å². The van der Waals surface area contributed by atoms with Gasteiger partial charge in [-0.25, -0.2) is 8.42 Å². The minimum atomic E-state index is -3.56. The van der Waals surface area contributed by atoms with Gasteiger partial charge in [0, 0.05) is 23.2 Å². The number of methoxy groups -OCH3 is 1. The van der Waals surface area contributed by atoms with Gasteiger partial charge in [-0.1, -0.05) is 18.0 Å². The van der Waals surface area contributed by atoms with E-state index in [0.29, 0.717) is 28.6 Å². The van der Waals surface area contributed by atoms with Crippen molar-refractivity contribution >= 4 is 33.2 Å². The number of hydrogen-bond acceptors (Lipinski definition) is 4. The van der Waals surface area contributed by atoms with Crippen molar-refractivity contribution in [1.82, 2.24) is 4.31 Å². The number of nitrogens with one attached hydrogen (secondary N) is 1. The summed E-state index contributed by atoms with van der Waals surface area (Å²) in [6.07, 6.45) is 2.77. The van der Waals surface area contributed by atoms with E-state index in [1.54, 1.807) is 22.5 Å². The van der Waals surface area contributed by atoms with Crippen LogP contribution in [0.25, 0.3) is 0 Å². The molecule has 2 aromatic rings. The maximum atomic E-state index is 12.9. The third kappa shape index (κ3) is 4.32. The van der Waals surface area contributed by atoms with Crippen molar-refractivity contribution in [1.29, 1.82) is 0 Å². The van der Waals surface area contributed by atoms with Crippen LogP contribution in [0.1, 0.15) is 36.5 Å². The zero-order chi connectivity index (χ0) is 20.3. The maximum Gasteiger partial charge on any atom is 0.255 e. The molecule has 8 heteroatoms. The highest BCUT2D eigenvalue weighted by Crippen LogP contribution is 2.29. The van der Waals surface area contributed by atoms with Crippen LogP contribution in [-0.4, -0.2) is 38.3 Å². The van der Waals surface area contributed by atoms with Crippen LogP contribution in [-0.2, 0) is 10.0 Å². The fourth-order valence-corrected chi connectivity index (χ4v) is 5.19. The van der Waals surface area contributed by atoms with Gasteiger partial charge in [-0.2, -0.15) is 4.31 Å². The lowest BCUT2D eigenvalue weighted by atomic mass is 10.1. The van der Waals surface area contributed by atoms with Gasteiger partial charge < -0.3 is 10.1 Å². The van der Waals surface area contributed by atoms with E-state index in [9.17, 15) is 13.2 Å². The molecule has 28 heavy (non-hydrogen) atoms. The number of halogens is 1. The fraction of sp³-hybridized carbons (Fsp3) is 0.350. The summed E-state index contributed by atoms with van der Waals surface area (Å²) < 4.78 is 32.5. The number of anilines is 1. The summed E-state index contributed by atoms with van der Waals surface area (Å²) in [5.41, 5.74) is 0.784. The SMILES string of the molecule is COc1ccc(Cl)cc1NC(=O)c1ccc(S(=O)(=O)N2CCCC[C@H]2C)cc1. The van der Waals surface area contributed by atoms with Gasteiger partial charge >= 0.3 is 0 Å². The van der Waals surface area contributed by atoms with Gasteiger partial charge in [0.05, 0.1) is 17.7 Å². The maximum absolute atomic E-state index is 12.9. The molecule has 1 fully saturated rings. The molecule has 1 N–H and O–H groups in total. The van der Waals surface area contributed by atoms with Crippen molar-refractivity contribution in [3.63, 3.8) is 0 Å². The van der Waals surface area contributed by atoms with E-state index in [2.05, 4.69) is 5.32 Å². The second kappa shape index (κ2) is 8.51. The van der Waals surface area contributed by atoms with E-state index in [4.69, 9.17) is 16.3 Å². The van der Waals surface area contributed by atoms with E-state index in [-0.39, 0.29) is 16.8 Å². The van der Waals surface area contributed by atoms with E-state index >= 15 is 0 Å². The number of carbonyl (C=O) groups is 1. The molecule has 1 aliphatic rings. The Morgan fingerprint density at radius 1 is 1.18 bits per heavy atom. The van der Waals surface area contributed by atoms with Crippen molar-refractivity contribution in [3.05, 3.63) is 53.1 Å². The number of carbonyl (C=O) groups excluding carboxylic acids is 1. The first-order valence-corrected chi connectivity index (χ1v) is 10.9. The van der Waals surface area contributed by atoms with E-state index in [0.717, 1.165) is 19.3 Å². The number of sulfonamides is 1. The summed E-state index contributed by atoms with van der Waals surface area (Å²) in [5, 5.41) is 3.20. The van der Waals surface area contributed by atoms with E-state index < -0.39 is 10.0 Å². The summed E-state index contributed by atoms with van der Waals surface area (Å²) in [5.74, 6) is 0.104. The minimum Gasteiger partial charge on any atom is -0.495 e. The van der Waals surface area contributed by atoms with Crippen LogP contribution in [0, 0.1) is 0 Å². The van der Waals surface area contributed by atoms with Gasteiger partial charge in [0.25, 0.3) is 5.91 Å². The van der Waals surface area contributed by atoms with Crippen molar-refractivity contribution < 1.29 is 17.9 Å². The molecular weight excluding hydrogens is 400 g/mol. The topological polar surface area (TPSA) is 75.7 Å². The number of nitrogens with zero attached hydrogens (tertiary/aromatic N) is 1. The van der Waals surface area contributed by atoms with Crippen molar-refractivity contribution in [3.8, 4) is 5.75 Å². The Morgan fingerprint density at radius 3 is 2.54 bits per heavy atom. The average Bonchev–Trinajstić information content (AvgIpc) is 2.68. The summed E-state index contributed by atoms with van der Waals surface area (Å²) in [6.45, 7) is 2.46. The highest BCUT2D eigenvalue weighted by Gasteiger charge is 2.30. The van der Waals surface area contributed by atoms with Crippen LogP contribution in [0.5, 0.6) is 5.75 Å². The third-order valence-corrected chi connectivity index (χ3v) is 7.14. The Labute approximate surface area is 170 Å². The standard InChI is InChI=1S/C20H23ClN2O4S/c1-14-5-3-4-12-23(14)28(25,26)17-9-6-15(7-10-17)20(24)22-18-13-16(21)8-11-19(18)27-2/h6-11,13-14H,3-5,12H2,1-2H3,(H,22,24)/t14-/m1/s1. The lowest BCUT2D eigenvalue weighted by Gasteiger charge is -2.32. The lowest BCUT2D eigenvalue weighted by molar-refractivity contribution is 0.102. The fourth-order valence-electron chi connectivity index (χ4n) is 3.31. The molecule has 1 saturated heterocycles. The zero-order valence-corrected chi connectivity index (χ0v) is 17.4. The number of hydrogen-bond donors (Lipinski definition) is 1. The molecule has 2 aromatic carbocycles. The van der Waals surface area contributed by atoms with Crippen LogP contribution in [0.3, 0.4) is 0 Å². The predicted octanol–water partition coefficient (Wildman–Crippen LogP) is 4.16. The van der Waals surface area contributed by atoms with E-state index in [1.165, 1.54) is 31.4 Å². The van der Waals surface area contributed by atoms with Crippen LogP contribution >= 0.6 is 11.6 Å². The van der Waals surface area contributed by atoms with Gasteiger partial charge in [-0.3, -0.25) is 4.79 Å². The zero-order valence-electron chi connectivity index (χ0n) is 15.8. The predicted molar refractivity (Wildman–Crippen MR) is 110 cm³/mol. The molecule has 1 aliphatic heterocycles. The minimum absolute atomic E-state index is 0.0166. The molecule has 0 bridgehead atoms. The summed E-state index contributed by atoms with van der Waals surface area (Å²) in [7, 11) is -2.06. The van der Waals surface area contributed by atoms with Crippen molar-refractivity contribution in [2.75, 3.05) is 19.0 Å². The highest BCUT2D eigenvalue weighted by atomic mass is 35.5. The van der Waals surface area contributed by atoms with Crippen LogP contribution in [0.4, 0.5) is 5.69 Å². The number of piperidine rings is 1. The van der Waals surface area contributed by atoms with Gasteiger partial charge in [0.15, 0.2) is 0 Å². The van der Waals surface area contributed by atoms with Gasteiger partial charge in [0.2, 0.25) is 10.0 Å². The molecule has 1 amide bonds. The molecule has 0 radical (unpaired) electrons. The summed E-state index contributed by atoms with van der Waals surface area (Å²) >= 11 is 5.98. The first-order valence-electron chi connectivity index (χ1n) is 9.09. The Kier molecular flexibility index (Phi) is 6.27. The highest BCUT2D eigenvalue weighted by molar-refractivity contribution is 7.89. The molecule has 150 valence electrons. The average molecular weight is 423 g/mol. The van der Waals surface area contributed by atoms with E-state index in [1.807, 2.05) is 6.92 Å². The molecule has 3 rings (SSSR count). The van der Waals surface area contributed by atoms with Gasteiger partial charge in [-0.15, -0.1) is 0 Å². The first kappa shape index (κ1) is 20.6. The monoisotopic (exact) mass is 422 g/mol. The molecule has 6 nitrogen and oxygen atoms in total. The van der Waals surface area contributed by atoms with Crippen LogP contribution in [0.15, 0.2) is 47.4 Å². The molecule has 0 aliphatic carbocycles. The number of rotatable bonds is 5. The van der Waals surface area contributed by atoms with Gasteiger partial charge in [0.1, 0.15) is 5.75 Å². The normalized spacial score (nSPS) is 17.9. The molecule has 1 atom stereocenters. The second-order valence-electron chi connectivity index (χ2n) is 6.78.